The summed E-state index contributed by atoms with van der Waals surface area (Å²) >= 11 is 13.4. The molecule has 0 aliphatic carbocycles. The van der Waals surface area contributed by atoms with Gasteiger partial charge in [-0.25, -0.2) is 18.4 Å². The number of halogens is 41. The number of azo groups is 2. The number of aliphatic carboxylic acids is 1. The van der Waals surface area contributed by atoms with Crippen LogP contribution in [0.15, 0.2) is 104 Å². The summed E-state index contributed by atoms with van der Waals surface area (Å²) in [5.41, 5.74) is 2.28. The van der Waals surface area contributed by atoms with Crippen LogP contribution >= 0.6 is 56.6 Å². The largest absolute Gasteiger partial charge is 0.481 e. The number of nitrogens with zero attached hydrogens (tertiary/aromatic N) is 9. The third kappa shape index (κ3) is 25.2. The fourth-order valence-electron chi connectivity index (χ4n) is 8.78. The Kier molecular flexibility index (Phi) is 39.8. The number of benzene rings is 3. The number of carbonyl (C=O) groups is 4. The second-order valence-electron chi connectivity index (χ2n) is 24.3. The van der Waals surface area contributed by atoms with E-state index in [1.54, 1.807) is 18.2 Å². The predicted molar refractivity (Wildman–Crippen MR) is 370 cm³/mol. The molecular weight excluding hydrogens is 1960 g/mol. The second-order valence-corrected chi connectivity index (χ2v) is 29.6. The molecule has 0 bridgehead atoms. The van der Waals surface area contributed by atoms with Crippen molar-refractivity contribution in [3.8, 4) is 0 Å². The van der Waals surface area contributed by atoms with E-state index in [4.69, 9.17) is 44.1 Å². The van der Waals surface area contributed by atoms with Crippen LogP contribution < -0.4 is 9.80 Å². The van der Waals surface area contributed by atoms with E-state index in [9.17, 15) is 194 Å². The zero-order valence-corrected chi connectivity index (χ0v) is 67.6. The molecule has 0 fully saturated rings. The van der Waals surface area contributed by atoms with Gasteiger partial charge in [-0.1, -0.05) is 84.8 Å². The number of esters is 1. The molecule has 0 aliphatic rings. The monoisotopic (exact) mass is 2020 g/mol. The van der Waals surface area contributed by atoms with Gasteiger partial charge in [-0.3, -0.25) is 19.2 Å². The molecule has 2 N–H and O–H groups in total. The fraction of sp³-hybridized carbons (Fsp3) is 0.562. The Balaban J connectivity index is 0.000000923. The van der Waals surface area contributed by atoms with Gasteiger partial charge in [0, 0.05) is 54.5 Å². The van der Waals surface area contributed by atoms with E-state index < -0.39 is 160 Å². The molecule has 0 saturated heterocycles. The van der Waals surface area contributed by atoms with Crippen LogP contribution in [0, 0.1) is 0 Å². The van der Waals surface area contributed by atoms with E-state index >= 15 is 0 Å². The molecular formula is C64H58Cl3F38N9O9S3. The van der Waals surface area contributed by atoms with E-state index in [0.29, 0.717) is 40.5 Å². The fourth-order valence-corrected chi connectivity index (χ4v) is 11.3. The summed E-state index contributed by atoms with van der Waals surface area (Å²) in [6.45, 7) is 14.2. The summed E-state index contributed by atoms with van der Waals surface area (Å²) in [5, 5.41) is 33.1. The van der Waals surface area contributed by atoms with Gasteiger partial charge < -0.3 is 29.6 Å². The van der Waals surface area contributed by atoms with Gasteiger partial charge in [0.1, 0.15) is 16.4 Å². The normalized spacial score (nSPS) is 13.8. The van der Waals surface area contributed by atoms with E-state index in [1.807, 2.05) is 31.2 Å². The highest BCUT2D eigenvalue weighted by atomic mass is 35.7. The first-order valence-electron chi connectivity index (χ1n) is 33.4. The van der Waals surface area contributed by atoms with Crippen LogP contribution in [-0.4, -0.2) is 224 Å². The van der Waals surface area contributed by atoms with Crippen molar-refractivity contribution in [3.63, 3.8) is 0 Å². The molecule has 0 spiro atoms. The Hall–Kier alpha value is -7.92. The van der Waals surface area contributed by atoms with Crippen molar-refractivity contribution in [2.75, 3.05) is 68.8 Å². The molecule has 0 unspecified atom stereocenters. The molecule has 0 atom stereocenters. The summed E-state index contributed by atoms with van der Waals surface area (Å²) in [7, 11) is 1.50. The number of anilines is 2. The minimum absolute atomic E-state index is 0.0304. The molecule has 3 aromatic carbocycles. The lowest BCUT2D eigenvalue weighted by Crippen LogP contribution is -2.75. The zero-order valence-electron chi connectivity index (χ0n) is 62.9. The van der Waals surface area contributed by atoms with Crippen LogP contribution in [0.5, 0.6) is 0 Å². The Morgan fingerprint density at radius 3 is 0.944 bits per heavy atom. The number of aromatic nitrogens is 2. The van der Waals surface area contributed by atoms with Crippen LogP contribution in [0.25, 0.3) is 0 Å². The number of carbonyl (C=O) groups excluding carboxylic acids is 3. The zero-order chi connectivity index (χ0) is 98.9. The lowest BCUT2D eigenvalue weighted by Gasteiger charge is -2.43. The number of rotatable bonds is 39. The molecule has 5 rings (SSSR count). The van der Waals surface area contributed by atoms with Gasteiger partial charge in [-0.05, 0) is 94.1 Å². The molecule has 718 valence electrons. The summed E-state index contributed by atoms with van der Waals surface area (Å²) < 4.78 is 528. The van der Waals surface area contributed by atoms with E-state index in [1.165, 1.54) is 67.9 Å². The topological polar surface area (TPSA) is 237 Å². The number of likely N-dealkylation sites (N-methyl/N-ethyl adjacent to an activating group) is 2. The second kappa shape index (κ2) is 43.2. The van der Waals surface area contributed by atoms with Gasteiger partial charge in [-0.2, -0.15) is 167 Å². The summed E-state index contributed by atoms with van der Waals surface area (Å²) in [5.74, 6) is -139. The number of hydrogen-bond donors (Lipinski definition) is 2. The Labute approximate surface area is 705 Å². The van der Waals surface area contributed by atoms with Gasteiger partial charge in [0.15, 0.2) is 22.9 Å². The Bertz CT molecular complexity index is 4530. The molecule has 0 aliphatic heterocycles. The maximum absolute atomic E-state index is 14.1. The molecule has 0 saturated carbocycles. The third-order valence-electron chi connectivity index (χ3n) is 16.1. The van der Waals surface area contributed by atoms with Gasteiger partial charge in [0.2, 0.25) is 10.3 Å². The Morgan fingerprint density at radius 2 is 0.706 bits per heavy atom. The van der Waals surface area contributed by atoms with Crippen LogP contribution in [0.4, 0.5) is 200 Å². The molecule has 62 heteroatoms. The van der Waals surface area contributed by atoms with E-state index in [0.717, 1.165) is 34.9 Å². The average molecular weight is 2020 g/mol. The first-order valence-corrected chi connectivity index (χ1v) is 38.1. The number of ether oxygens (including phenoxy) is 1. The van der Waals surface area contributed by atoms with Gasteiger partial charge >= 0.3 is 119 Å². The summed E-state index contributed by atoms with van der Waals surface area (Å²) in [6.07, 6.45) is -25.3. The molecule has 126 heavy (non-hydrogen) atoms. The molecule has 2 heterocycles. The average Bonchev–Trinajstić information content (AvgIpc) is 0.826. The van der Waals surface area contributed by atoms with Crippen molar-refractivity contribution in [1.82, 2.24) is 14.9 Å². The van der Waals surface area contributed by atoms with Crippen molar-refractivity contribution < 1.29 is 209 Å². The first kappa shape index (κ1) is 116. The number of alkyl halides is 38. The quantitative estimate of drug-likeness (QED) is 0.0122. The van der Waals surface area contributed by atoms with E-state index in [-0.39, 0.29) is 50.6 Å². The van der Waals surface area contributed by atoms with Gasteiger partial charge in [-0.15, -0.1) is 20.5 Å². The number of hydrogen-bond acceptors (Lipinski definition) is 19. The Morgan fingerprint density at radius 1 is 0.421 bits per heavy atom. The summed E-state index contributed by atoms with van der Waals surface area (Å²) in [4.78, 5) is 57.5. The molecule has 18 nitrogen and oxygen atoms in total. The highest BCUT2D eigenvalue weighted by Gasteiger charge is 2.98. The van der Waals surface area contributed by atoms with Crippen molar-refractivity contribution in [2.24, 2.45) is 20.5 Å². The smallest absolute Gasteiger partial charge is 0.460 e. The van der Waals surface area contributed by atoms with Gasteiger partial charge in [0.05, 0.1) is 42.3 Å². The lowest BCUT2D eigenvalue weighted by atomic mass is 9.86. The standard InChI is InChI=1S/C26H18ClF19N4O3S.C14H15ClN4O2S.C12H5F19O2.C6H5ClO2S.C6H15N/c1-2-50(13-5-3-12(4-6-13)48-49-17-47-16(27)14(11-51)54-17)9-10-53-15(52)7-8-18(28,29)19(30,31)20(32,33)21(34,35)22(36,37)23(38,39)24(40,41)25(42,43)26(44,45)46;1-2-19(7-8-20)11-5-3-10(4-6-11)17-18-14-16-13(15)12(9-21)22-14;13-4(14,2-1-3(32)33)5(15,16)6(17,18)7(19,20)8(21,22)9(23,24)10(25,26)11(27,28)12(29,30)31;7-10(8,9)6-4-2-1-3-5-6;1-4-7(5-2)6-3/h3-6,11H,2,7-10H2,1H3;3-6,9,20H,2,7-8H2,1H3;1-2H2,(H,32,33);1-5H;4-6H2,1-3H3. The van der Waals surface area contributed by atoms with Crippen molar-refractivity contribution in [1.29, 1.82) is 0 Å². The summed E-state index contributed by atoms with van der Waals surface area (Å²) in [6, 6.07) is 21.0. The van der Waals surface area contributed by atoms with Crippen LogP contribution in [0.3, 0.4) is 0 Å². The van der Waals surface area contributed by atoms with Crippen molar-refractivity contribution in [2.45, 2.75) is 172 Å². The number of carboxylic acids is 1. The number of aldehydes is 2. The maximum Gasteiger partial charge on any atom is 0.460 e. The maximum atomic E-state index is 14.1. The molecule has 0 radical (unpaired) electrons. The van der Waals surface area contributed by atoms with Crippen molar-refractivity contribution >= 4 is 123 Å². The highest BCUT2D eigenvalue weighted by Crippen LogP contribution is 2.68. The first-order chi connectivity index (χ1) is 56.8. The highest BCUT2D eigenvalue weighted by molar-refractivity contribution is 8.13. The van der Waals surface area contributed by atoms with Gasteiger partial charge in [0.25, 0.3) is 9.05 Å². The number of carboxylic acid groups (broad SMARTS) is 1. The predicted octanol–water partition coefficient (Wildman–Crippen LogP) is 24.1. The lowest BCUT2D eigenvalue weighted by molar-refractivity contribution is -0.468. The minimum atomic E-state index is -9.02. The number of thiazole rings is 2. The van der Waals surface area contributed by atoms with Crippen molar-refractivity contribution in [3.05, 3.63) is 98.9 Å². The van der Waals surface area contributed by atoms with Crippen LogP contribution in [0.1, 0.15) is 79.6 Å². The molecule has 0 amide bonds. The minimum Gasteiger partial charge on any atom is -0.481 e. The molecule has 2 aromatic heterocycles. The number of aliphatic hydroxyl groups is 1. The van der Waals surface area contributed by atoms with Crippen LogP contribution in [0.2, 0.25) is 10.3 Å². The number of aliphatic hydroxyl groups excluding tert-OH is 1. The molecule has 5 aromatic rings. The van der Waals surface area contributed by atoms with E-state index in [2.05, 4.69) is 65.7 Å². The third-order valence-corrected chi connectivity index (χ3v) is 20.0. The SMILES string of the molecule is CCN(CC)CC.CCN(CCO)c1ccc(N=Nc2nc(Cl)c(C=O)s2)cc1.CCN(CCOC(=O)CCC(F)(F)C(F)(F)C(F)(F)C(F)(F)C(F)(F)C(F)(F)C(F)(F)C(F)(F)C(F)(F)F)c1ccc(N=Nc2nc(Cl)c(C=O)s2)cc1.O=C(O)CCC(F)(F)C(F)(F)C(F)(F)C(F)(F)C(F)(F)C(F)(F)C(F)(F)C(F)(F)C(F)(F)F.O=S(=O)(Cl)c1ccccc1. The van der Waals surface area contributed by atoms with Crippen LogP contribution in [-0.2, 0) is 23.4 Å².